The maximum atomic E-state index is 13.8. The van der Waals surface area contributed by atoms with E-state index in [1.165, 1.54) is 6.07 Å². The standard InChI is InChI=1S/C18H25FN4O2/c1-3-18-20-17(21-25-18)12-22(2)13-8-9-23(10-13)11-16(24)14-6-4-5-7-15(14)19/h4-7,13,16,24H,3,8-12H2,1-2H3/t13-,16-/m1/s1. The number of likely N-dealkylation sites (N-methyl/N-ethyl adjacent to an activating group) is 1. The normalized spacial score (nSPS) is 19.6. The van der Waals surface area contributed by atoms with Gasteiger partial charge in [0.2, 0.25) is 5.89 Å². The number of aliphatic hydroxyl groups excluding tert-OH is 1. The molecule has 1 aliphatic rings. The molecule has 6 nitrogen and oxygen atoms in total. The molecule has 2 heterocycles. The number of β-amino-alcohol motifs (C(OH)–C–C–N with tert-alkyl or cyclic N) is 1. The Bertz CT molecular complexity index is 693. The number of nitrogens with zero attached hydrogens (tertiary/aromatic N) is 4. The molecule has 0 unspecified atom stereocenters. The lowest BCUT2D eigenvalue weighted by Crippen LogP contribution is -2.35. The van der Waals surface area contributed by atoms with Crippen molar-refractivity contribution in [2.45, 2.75) is 38.5 Å². The van der Waals surface area contributed by atoms with Gasteiger partial charge in [-0.05, 0) is 26.1 Å². The zero-order chi connectivity index (χ0) is 17.8. The highest BCUT2D eigenvalue weighted by atomic mass is 19.1. The first-order valence-electron chi connectivity index (χ1n) is 8.73. The molecule has 0 spiro atoms. The molecular formula is C18H25FN4O2. The average Bonchev–Trinajstić information content (AvgIpc) is 3.24. The van der Waals surface area contributed by atoms with Gasteiger partial charge >= 0.3 is 0 Å². The molecule has 0 bridgehead atoms. The van der Waals surface area contributed by atoms with Crippen LogP contribution in [0, 0.1) is 5.82 Å². The third kappa shape index (κ3) is 4.42. The molecule has 0 radical (unpaired) electrons. The summed E-state index contributed by atoms with van der Waals surface area (Å²) in [5.74, 6) is 1.00. The molecule has 1 aromatic heterocycles. The number of halogens is 1. The van der Waals surface area contributed by atoms with Crippen molar-refractivity contribution < 1.29 is 14.0 Å². The van der Waals surface area contributed by atoms with Gasteiger partial charge in [0.15, 0.2) is 5.82 Å². The molecule has 0 aliphatic carbocycles. The molecule has 0 amide bonds. The molecule has 136 valence electrons. The fraction of sp³-hybridized carbons (Fsp3) is 0.556. The van der Waals surface area contributed by atoms with Crippen molar-refractivity contribution in [3.63, 3.8) is 0 Å². The first-order valence-corrected chi connectivity index (χ1v) is 8.73. The lowest BCUT2D eigenvalue weighted by Gasteiger charge is -2.24. The van der Waals surface area contributed by atoms with E-state index in [2.05, 4.69) is 19.9 Å². The highest BCUT2D eigenvalue weighted by Crippen LogP contribution is 2.22. The lowest BCUT2D eigenvalue weighted by atomic mass is 10.1. The summed E-state index contributed by atoms with van der Waals surface area (Å²) in [5, 5.41) is 14.3. The lowest BCUT2D eigenvalue weighted by molar-refractivity contribution is 0.117. The van der Waals surface area contributed by atoms with Gasteiger partial charge in [-0.1, -0.05) is 30.3 Å². The number of rotatable bonds is 7. The van der Waals surface area contributed by atoms with Crippen molar-refractivity contribution in [1.82, 2.24) is 19.9 Å². The van der Waals surface area contributed by atoms with E-state index in [0.717, 1.165) is 25.9 Å². The van der Waals surface area contributed by atoms with Crippen LogP contribution in [-0.2, 0) is 13.0 Å². The number of benzene rings is 1. The quantitative estimate of drug-likeness (QED) is 0.826. The van der Waals surface area contributed by atoms with E-state index < -0.39 is 6.10 Å². The summed E-state index contributed by atoms with van der Waals surface area (Å²) in [6, 6.07) is 6.76. The first kappa shape index (κ1) is 18.0. The number of likely N-dealkylation sites (tertiary alicyclic amines) is 1. The fourth-order valence-corrected chi connectivity index (χ4v) is 3.28. The van der Waals surface area contributed by atoms with Gasteiger partial charge in [0.25, 0.3) is 0 Å². The molecule has 2 atom stereocenters. The van der Waals surface area contributed by atoms with E-state index in [4.69, 9.17) is 4.52 Å². The van der Waals surface area contributed by atoms with E-state index in [-0.39, 0.29) is 5.82 Å². The van der Waals surface area contributed by atoms with Crippen molar-refractivity contribution in [2.75, 3.05) is 26.7 Å². The van der Waals surface area contributed by atoms with Crippen LogP contribution in [0.25, 0.3) is 0 Å². The minimum absolute atomic E-state index is 0.355. The molecule has 1 N–H and O–H groups in total. The SMILES string of the molecule is CCc1nc(CN(C)[C@@H]2CCN(C[C@@H](O)c3ccccc3F)C2)no1. The molecule has 0 saturated carbocycles. The molecule has 1 aromatic carbocycles. The molecule has 1 aliphatic heterocycles. The smallest absolute Gasteiger partial charge is 0.226 e. The van der Waals surface area contributed by atoms with Crippen LogP contribution in [0.15, 0.2) is 28.8 Å². The topological polar surface area (TPSA) is 65.6 Å². The summed E-state index contributed by atoms with van der Waals surface area (Å²) in [7, 11) is 2.05. The van der Waals surface area contributed by atoms with Crippen molar-refractivity contribution in [1.29, 1.82) is 0 Å². The van der Waals surface area contributed by atoms with E-state index in [1.54, 1.807) is 18.2 Å². The number of hydrogen-bond acceptors (Lipinski definition) is 6. The van der Waals surface area contributed by atoms with Crippen LogP contribution in [0.1, 0.15) is 36.7 Å². The zero-order valence-electron chi connectivity index (χ0n) is 14.7. The third-order valence-corrected chi connectivity index (χ3v) is 4.77. The van der Waals surface area contributed by atoms with Gasteiger partial charge in [-0.3, -0.25) is 9.80 Å². The van der Waals surface area contributed by atoms with Crippen LogP contribution < -0.4 is 0 Å². The largest absolute Gasteiger partial charge is 0.387 e. The summed E-state index contributed by atoms with van der Waals surface area (Å²) in [6.45, 7) is 4.77. The molecule has 3 rings (SSSR count). The highest BCUT2D eigenvalue weighted by Gasteiger charge is 2.28. The van der Waals surface area contributed by atoms with Crippen molar-refractivity contribution in [3.8, 4) is 0 Å². The summed E-state index contributed by atoms with van der Waals surface area (Å²) in [4.78, 5) is 8.72. The Balaban J connectivity index is 1.51. The van der Waals surface area contributed by atoms with Gasteiger partial charge in [0.05, 0.1) is 12.6 Å². The Morgan fingerprint density at radius 3 is 2.96 bits per heavy atom. The molecule has 25 heavy (non-hydrogen) atoms. The highest BCUT2D eigenvalue weighted by molar-refractivity contribution is 5.20. The van der Waals surface area contributed by atoms with Crippen LogP contribution in [0.2, 0.25) is 0 Å². The second-order valence-electron chi connectivity index (χ2n) is 6.61. The summed E-state index contributed by atoms with van der Waals surface area (Å²) >= 11 is 0. The Hall–Kier alpha value is -1.83. The predicted molar refractivity (Wildman–Crippen MR) is 91.3 cm³/mol. The fourth-order valence-electron chi connectivity index (χ4n) is 3.28. The summed E-state index contributed by atoms with van der Waals surface area (Å²) in [5.41, 5.74) is 0.359. The molecule has 2 aromatic rings. The van der Waals surface area contributed by atoms with Gasteiger partial charge in [-0.25, -0.2) is 4.39 Å². The predicted octanol–water partition coefficient (Wildman–Crippen LogP) is 2.01. The third-order valence-electron chi connectivity index (χ3n) is 4.77. The average molecular weight is 348 g/mol. The van der Waals surface area contributed by atoms with Crippen LogP contribution in [-0.4, -0.2) is 57.8 Å². The molecule has 1 saturated heterocycles. The van der Waals surface area contributed by atoms with Crippen LogP contribution >= 0.6 is 0 Å². The van der Waals surface area contributed by atoms with Crippen molar-refractivity contribution >= 4 is 0 Å². The monoisotopic (exact) mass is 348 g/mol. The minimum Gasteiger partial charge on any atom is -0.387 e. The van der Waals surface area contributed by atoms with E-state index in [0.29, 0.717) is 36.4 Å². The Kier molecular flexibility index (Phi) is 5.78. The van der Waals surface area contributed by atoms with Crippen LogP contribution in [0.3, 0.4) is 0 Å². The second kappa shape index (κ2) is 8.03. The van der Waals surface area contributed by atoms with Gasteiger partial charge in [0.1, 0.15) is 5.82 Å². The Morgan fingerprint density at radius 1 is 1.44 bits per heavy atom. The number of hydrogen-bond donors (Lipinski definition) is 1. The minimum atomic E-state index is -0.811. The first-order chi connectivity index (χ1) is 12.1. The van der Waals surface area contributed by atoms with Gasteiger partial charge in [-0.15, -0.1) is 0 Å². The summed E-state index contributed by atoms with van der Waals surface area (Å²) in [6.07, 6.45) is 0.926. The maximum Gasteiger partial charge on any atom is 0.226 e. The van der Waals surface area contributed by atoms with Gasteiger partial charge in [-0.2, -0.15) is 4.98 Å². The summed E-state index contributed by atoms with van der Waals surface area (Å²) < 4.78 is 18.9. The molecule has 1 fully saturated rings. The molecular weight excluding hydrogens is 323 g/mol. The maximum absolute atomic E-state index is 13.8. The Morgan fingerprint density at radius 2 is 2.24 bits per heavy atom. The number of aliphatic hydroxyl groups is 1. The van der Waals surface area contributed by atoms with Crippen LogP contribution in [0.4, 0.5) is 4.39 Å². The Labute approximate surface area is 147 Å². The van der Waals surface area contributed by atoms with Crippen LogP contribution in [0.5, 0.6) is 0 Å². The van der Waals surface area contributed by atoms with E-state index in [9.17, 15) is 9.50 Å². The number of aryl methyl sites for hydroxylation is 1. The second-order valence-corrected chi connectivity index (χ2v) is 6.61. The van der Waals surface area contributed by atoms with Crippen molar-refractivity contribution in [3.05, 3.63) is 47.4 Å². The zero-order valence-corrected chi connectivity index (χ0v) is 14.7. The molecule has 7 heteroatoms. The van der Waals surface area contributed by atoms with Gasteiger partial charge < -0.3 is 9.63 Å². The van der Waals surface area contributed by atoms with E-state index in [1.807, 2.05) is 14.0 Å². The number of aromatic nitrogens is 2. The van der Waals surface area contributed by atoms with Gasteiger partial charge in [0, 0.05) is 31.1 Å². The van der Waals surface area contributed by atoms with Crippen molar-refractivity contribution in [2.24, 2.45) is 0 Å². The van der Waals surface area contributed by atoms with E-state index >= 15 is 0 Å².